The van der Waals surface area contributed by atoms with Gasteiger partial charge >= 0.3 is 0 Å². The summed E-state index contributed by atoms with van der Waals surface area (Å²) in [6.07, 6.45) is 4.72. The molecule has 1 aliphatic rings. The lowest BCUT2D eigenvalue weighted by Gasteiger charge is -2.30. The minimum atomic E-state index is -0.577. The van der Waals surface area contributed by atoms with Gasteiger partial charge in [0, 0.05) is 19.5 Å². The van der Waals surface area contributed by atoms with Crippen LogP contribution in [0, 0.1) is 0 Å². The Balaban J connectivity index is 1.72. The van der Waals surface area contributed by atoms with Crippen molar-refractivity contribution in [3.63, 3.8) is 0 Å². The first kappa shape index (κ1) is 16.1. The summed E-state index contributed by atoms with van der Waals surface area (Å²) in [7, 11) is 0. The highest BCUT2D eigenvalue weighted by Crippen LogP contribution is 2.31. The number of aromatic nitrogens is 2. The van der Waals surface area contributed by atoms with Gasteiger partial charge in [-0.2, -0.15) is 4.98 Å². The van der Waals surface area contributed by atoms with E-state index in [4.69, 9.17) is 4.52 Å². The molecule has 1 fully saturated rings. The quantitative estimate of drug-likeness (QED) is 0.851. The standard InChI is InChI=1S/C18H25N3O2/c1-2-17-19-16(20-23-17)13-21(12-15-8-4-3-5-9-15)14-18(22)10-6-7-11-18/h3-5,8-9,22H,2,6-7,10-14H2,1H3. The van der Waals surface area contributed by atoms with E-state index >= 15 is 0 Å². The van der Waals surface area contributed by atoms with Gasteiger partial charge in [-0.25, -0.2) is 0 Å². The molecular formula is C18H25N3O2. The third kappa shape index (κ3) is 4.39. The van der Waals surface area contributed by atoms with E-state index in [0.29, 0.717) is 24.8 Å². The van der Waals surface area contributed by atoms with Crippen LogP contribution >= 0.6 is 0 Å². The van der Waals surface area contributed by atoms with Crippen molar-refractivity contribution in [1.29, 1.82) is 0 Å². The molecule has 23 heavy (non-hydrogen) atoms. The average Bonchev–Trinajstić information content (AvgIpc) is 3.17. The van der Waals surface area contributed by atoms with Crippen LogP contribution in [0.5, 0.6) is 0 Å². The fraction of sp³-hybridized carbons (Fsp3) is 0.556. The molecule has 5 heteroatoms. The Bertz CT molecular complexity index is 606. The summed E-state index contributed by atoms with van der Waals surface area (Å²) in [4.78, 5) is 6.63. The average molecular weight is 315 g/mol. The summed E-state index contributed by atoms with van der Waals surface area (Å²) < 4.78 is 5.21. The first-order chi connectivity index (χ1) is 11.2. The van der Waals surface area contributed by atoms with Crippen LogP contribution in [0.3, 0.4) is 0 Å². The molecule has 3 rings (SSSR count). The SMILES string of the molecule is CCc1nc(CN(Cc2ccccc2)CC2(O)CCCC2)no1. The molecule has 0 spiro atoms. The van der Waals surface area contributed by atoms with Crippen LogP contribution in [0.4, 0.5) is 0 Å². The molecule has 0 unspecified atom stereocenters. The fourth-order valence-corrected chi connectivity index (χ4v) is 3.31. The van der Waals surface area contributed by atoms with E-state index in [1.807, 2.05) is 25.1 Å². The topological polar surface area (TPSA) is 62.4 Å². The molecule has 0 radical (unpaired) electrons. The van der Waals surface area contributed by atoms with Crippen LogP contribution in [0.15, 0.2) is 34.9 Å². The molecule has 1 heterocycles. The molecular weight excluding hydrogens is 290 g/mol. The second kappa shape index (κ2) is 7.23. The second-order valence-electron chi connectivity index (χ2n) is 6.52. The summed E-state index contributed by atoms with van der Waals surface area (Å²) in [5.74, 6) is 1.36. The molecule has 1 aromatic heterocycles. The van der Waals surface area contributed by atoms with Gasteiger partial charge in [0.15, 0.2) is 5.82 Å². The van der Waals surface area contributed by atoms with Gasteiger partial charge in [0.05, 0.1) is 12.1 Å². The van der Waals surface area contributed by atoms with Gasteiger partial charge < -0.3 is 9.63 Å². The maximum atomic E-state index is 10.8. The maximum Gasteiger partial charge on any atom is 0.226 e. The van der Waals surface area contributed by atoms with Crippen molar-refractivity contribution >= 4 is 0 Å². The highest BCUT2D eigenvalue weighted by atomic mass is 16.5. The first-order valence-electron chi connectivity index (χ1n) is 8.47. The van der Waals surface area contributed by atoms with Crippen molar-refractivity contribution in [3.8, 4) is 0 Å². The van der Waals surface area contributed by atoms with E-state index in [2.05, 4.69) is 27.2 Å². The van der Waals surface area contributed by atoms with E-state index in [0.717, 1.165) is 38.6 Å². The molecule has 0 saturated heterocycles. The van der Waals surface area contributed by atoms with Crippen LogP contribution in [-0.4, -0.2) is 32.3 Å². The lowest BCUT2D eigenvalue weighted by atomic mass is 10.0. The number of rotatable bonds is 7. The van der Waals surface area contributed by atoms with Crippen molar-refractivity contribution in [1.82, 2.24) is 15.0 Å². The van der Waals surface area contributed by atoms with Crippen LogP contribution in [-0.2, 0) is 19.5 Å². The molecule has 124 valence electrons. The number of aryl methyl sites for hydroxylation is 1. The van der Waals surface area contributed by atoms with Gasteiger partial charge in [0.1, 0.15) is 0 Å². The van der Waals surface area contributed by atoms with Gasteiger partial charge in [0.25, 0.3) is 0 Å². The first-order valence-corrected chi connectivity index (χ1v) is 8.47. The number of aliphatic hydroxyl groups is 1. The Morgan fingerprint density at radius 1 is 1.17 bits per heavy atom. The summed E-state index contributed by atoms with van der Waals surface area (Å²) in [6, 6.07) is 10.3. The van der Waals surface area contributed by atoms with E-state index in [1.54, 1.807) is 0 Å². The number of hydrogen-bond acceptors (Lipinski definition) is 5. The second-order valence-corrected chi connectivity index (χ2v) is 6.52. The number of nitrogens with zero attached hydrogens (tertiary/aromatic N) is 3. The monoisotopic (exact) mass is 315 g/mol. The Morgan fingerprint density at radius 3 is 2.57 bits per heavy atom. The van der Waals surface area contributed by atoms with Gasteiger partial charge in [-0.15, -0.1) is 0 Å². The number of hydrogen-bond donors (Lipinski definition) is 1. The molecule has 1 saturated carbocycles. The summed E-state index contributed by atoms with van der Waals surface area (Å²) >= 11 is 0. The predicted molar refractivity (Wildman–Crippen MR) is 87.6 cm³/mol. The molecule has 2 aromatic rings. The largest absolute Gasteiger partial charge is 0.389 e. The molecule has 0 bridgehead atoms. The molecule has 1 aromatic carbocycles. The van der Waals surface area contributed by atoms with Crippen LogP contribution in [0.2, 0.25) is 0 Å². The third-order valence-corrected chi connectivity index (χ3v) is 4.48. The van der Waals surface area contributed by atoms with Gasteiger partial charge in [-0.05, 0) is 18.4 Å². The smallest absolute Gasteiger partial charge is 0.226 e. The van der Waals surface area contributed by atoms with Gasteiger partial charge in [-0.1, -0.05) is 55.3 Å². The minimum Gasteiger partial charge on any atom is -0.389 e. The van der Waals surface area contributed by atoms with Crippen LogP contribution in [0.1, 0.15) is 49.9 Å². The zero-order valence-corrected chi connectivity index (χ0v) is 13.7. The Kier molecular flexibility index (Phi) is 5.08. The zero-order chi connectivity index (χ0) is 16.1. The molecule has 0 amide bonds. The highest BCUT2D eigenvalue weighted by Gasteiger charge is 2.33. The maximum absolute atomic E-state index is 10.8. The van der Waals surface area contributed by atoms with E-state index < -0.39 is 5.60 Å². The molecule has 1 N–H and O–H groups in total. The minimum absolute atomic E-state index is 0.577. The summed E-state index contributed by atoms with van der Waals surface area (Å²) in [5, 5.41) is 14.8. The molecule has 0 atom stereocenters. The molecule has 5 nitrogen and oxygen atoms in total. The lowest BCUT2D eigenvalue weighted by molar-refractivity contribution is 0.00368. The summed E-state index contributed by atoms with van der Waals surface area (Å²) in [5.41, 5.74) is 0.653. The van der Waals surface area contributed by atoms with Crippen molar-refractivity contribution in [2.75, 3.05) is 6.54 Å². The highest BCUT2D eigenvalue weighted by molar-refractivity contribution is 5.14. The third-order valence-electron chi connectivity index (χ3n) is 4.48. The van der Waals surface area contributed by atoms with Crippen molar-refractivity contribution in [2.24, 2.45) is 0 Å². The van der Waals surface area contributed by atoms with E-state index in [1.165, 1.54) is 5.56 Å². The van der Waals surface area contributed by atoms with Crippen molar-refractivity contribution < 1.29 is 9.63 Å². The van der Waals surface area contributed by atoms with Crippen LogP contribution < -0.4 is 0 Å². The van der Waals surface area contributed by atoms with Gasteiger partial charge in [0.2, 0.25) is 5.89 Å². The van der Waals surface area contributed by atoms with Gasteiger partial charge in [-0.3, -0.25) is 4.90 Å². The van der Waals surface area contributed by atoms with E-state index in [-0.39, 0.29) is 0 Å². The molecule has 1 aliphatic carbocycles. The Hall–Kier alpha value is -1.72. The van der Waals surface area contributed by atoms with Crippen molar-refractivity contribution in [2.45, 2.75) is 57.7 Å². The lowest BCUT2D eigenvalue weighted by Crippen LogP contribution is -2.40. The summed E-state index contributed by atoms with van der Waals surface area (Å²) in [6.45, 7) is 4.03. The fourth-order valence-electron chi connectivity index (χ4n) is 3.31. The zero-order valence-electron chi connectivity index (χ0n) is 13.7. The van der Waals surface area contributed by atoms with E-state index in [9.17, 15) is 5.11 Å². The Labute approximate surface area is 137 Å². The van der Waals surface area contributed by atoms with Crippen LogP contribution in [0.25, 0.3) is 0 Å². The molecule has 0 aliphatic heterocycles. The van der Waals surface area contributed by atoms with Crippen molar-refractivity contribution in [3.05, 3.63) is 47.6 Å². The predicted octanol–water partition coefficient (Wildman–Crippen LogP) is 2.94. The number of benzene rings is 1. The normalized spacial score (nSPS) is 17.0. The Morgan fingerprint density at radius 2 is 1.91 bits per heavy atom.